The largest absolute Gasteiger partial charge is 0.421 e. The third-order valence-electron chi connectivity index (χ3n) is 5.17. The van der Waals surface area contributed by atoms with Crippen LogP contribution in [0.3, 0.4) is 0 Å². The van der Waals surface area contributed by atoms with Crippen molar-refractivity contribution in [1.29, 1.82) is 0 Å². The van der Waals surface area contributed by atoms with Crippen LogP contribution in [-0.2, 0) is 0 Å². The quantitative estimate of drug-likeness (QED) is 0.388. The van der Waals surface area contributed by atoms with Gasteiger partial charge < -0.3 is 15.5 Å². The maximum atomic E-state index is 13.5. The van der Waals surface area contributed by atoms with E-state index in [1.165, 1.54) is 17.7 Å². The summed E-state index contributed by atoms with van der Waals surface area (Å²) in [6.07, 6.45) is 1.97. The summed E-state index contributed by atoms with van der Waals surface area (Å²) in [7, 11) is 0. The van der Waals surface area contributed by atoms with Crippen molar-refractivity contribution >= 4 is 33.2 Å². The Bertz CT molecular complexity index is 1490. The number of nitrogens with one attached hydrogen (secondary N) is 1. The van der Waals surface area contributed by atoms with Crippen molar-refractivity contribution in [2.45, 2.75) is 26.3 Å². The molecule has 3 N–H and O–H groups in total. The molecule has 0 saturated heterocycles. The monoisotopic (exact) mass is 460 g/mol. The number of anilines is 2. The number of aryl methyl sites for hydroxylation is 1. The SMILES string of the molecule is CC[C@H](Nc1ncnc(N)c1-c1nnc(C)o1)c1nc2ccsc2c(=O)n1-c1ccccc1. The molecular weight excluding hydrogens is 440 g/mol. The fourth-order valence-electron chi connectivity index (χ4n) is 3.62. The Kier molecular flexibility index (Phi) is 5.31. The van der Waals surface area contributed by atoms with Crippen LogP contribution in [0.5, 0.6) is 0 Å². The number of nitrogen functional groups attached to an aromatic ring is 1. The summed E-state index contributed by atoms with van der Waals surface area (Å²) in [6.45, 7) is 3.69. The van der Waals surface area contributed by atoms with E-state index in [2.05, 4.69) is 25.5 Å². The minimum atomic E-state index is -0.376. The van der Waals surface area contributed by atoms with Crippen LogP contribution < -0.4 is 16.6 Å². The van der Waals surface area contributed by atoms with Crippen LogP contribution in [0.15, 0.2) is 57.3 Å². The molecule has 0 saturated carbocycles. The van der Waals surface area contributed by atoms with Crippen LogP contribution in [0.4, 0.5) is 11.6 Å². The molecule has 33 heavy (non-hydrogen) atoms. The fraction of sp³-hybridized carbons (Fsp3) is 0.182. The average molecular weight is 461 g/mol. The molecule has 10 nitrogen and oxygen atoms in total. The highest BCUT2D eigenvalue weighted by Gasteiger charge is 2.24. The van der Waals surface area contributed by atoms with Crippen LogP contribution in [-0.4, -0.2) is 29.7 Å². The van der Waals surface area contributed by atoms with Crippen molar-refractivity contribution in [3.05, 3.63) is 70.2 Å². The molecule has 0 fully saturated rings. The molecule has 0 amide bonds. The van der Waals surface area contributed by atoms with Crippen LogP contribution >= 0.6 is 11.3 Å². The lowest BCUT2D eigenvalue weighted by Gasteiger charge is -2.22. The molecule has 0 bridgehead atoms. The molecule has 1 aromatic carbocycles. The first-order valence-corrected chi connectivity index (χ1v) is 11.2. The molecule has 0 aliphatic carbocycles. The number of benzene rings is 1. The predicted molar refractivity (Wildman–Crippen MR) is 126 cm³/mol. The second-order valence-corrected chi connectivity index (χ2v) is 8.21. The first-order chi connectivity index (χ1) is 16.1. The van der Waals surface area contributed by atoms with Crippen molar-refractivity contribution in [3.63, 3.8) is 0 Å². The van der Waals surface area contributed by atoms with Gasteiger partial charge in [-0.3, -0.25) is 9.36 Å². The summed E-state index contributed by atoms with van der Waals surface area (Å²) in [5.41, 5.74) is 7.81. The number of thiophene rings is 1. The Morgan fingerprint density at radius 2 is 2.00 bits per heavy atom. The molecule has 1 atom stereocenters. The van der Waals surface area contributed by atoms with E-state index in [9.17, 15) is 4.79 Å². The lowest BCUT2D eigenvalue weighted by molar-refractivity contribution is 0.532. The van der Waals surface area contributed by atoms with Gasteiger partial charge in [-0.1, -0.05) is 25.1 Å². The Morgan fingerprint density at radius 3 is 2.73 bits per heavy atom. The van der Waals surface area contributed by atoms with Crippen LogP contribution in [0, 0.1) is 6.92 Å². The van der Waals surface area contributed by atoms with Gasteiger partial charge in [-0.15, -0.1) is 21.5 Å². The second-order valence-electron chi connectivity index (χ2n) is 7.29. The van der Waals surface area contributed by atoms with E-state index < -0.39 is 0 Å². The molecule has 5 rings (SSSR count). The number of hydrogen-bond acceptors (Lipinski definition) is 10. The summed E-state index contributed by atoms with van der Waals surface area (Å²) in [5, 5.41) is 13.2. The van der Waals surface area contributed by atoms with E-state index in [1.54, 1.807) is 11.5 Å². The number of aromatic nitrogens is 6. The molecule has 11 heteroatoms. The lowest BCUT2D eigenvalue weighted by Crippen LogP contribution is -2.27. The van der Waals surface area contributed by atoms with Gasteiger partial charge in [0.05, 0.1) is 17.2 Å². The summed E-state index contributed by atoms with van der Waals surface area (Å²) in [5.74, 6) is 1.79. The van der Waals surface area contributed by atoms with Gasteiger partial charge in [-0.25, -0.2) is 15.0 Å². The normalized spacial score (nSPS) is 12.2. The molecule has 0 aliphatic rings. The zero-order valence-corrected chi connectivity index (χ0v) is 18.7. The van der Waals surface area contributed by atoms with Crippen LogP contribution in [0.1, 0.15) is 31.1 Å². The third-order valence-corrected chi connectivity index (χ3v) is 6.06. The standard InChI is InChI=1S/C22H20N8O2S/c1-3-14(26-19-16(18(23)24-11-25-19)21-29-28-12(2)32-21)20-27-15-9-10-33-17(15)22(31)30(20)13-7-5-4-6-8-13/h4-11,14H,3H2,1-2H3,(H3,23,24,25,26)/t14-/m0/s1. The summed E-state index contributed by atoms with van der Waals surface area (Å²) in [4.78, 5) is 26.8. The molecule has 4 heterocycles. The number of para-hydroxylation sites is 1. The van der Waals surface area contributed by atoms with E-state index in [4.69, 9.17) is 15.1 Å². The first kappa shape index (κ1) is 20.8. The van der Waals surface area contributed by atoms with E-state index >= 15 is 0 Å². The smallest absolute Gasteiger partial charge is 0.276 e. The second kappa shape index (κ2) is 8.43. The first-order valence-electron chi connectivity index (χ1n) is 10.3. The number of nitrogens with two attached hydrogens (primary N) is 1. The molecule has 0 radical (unpaired) electrons. The van der Waals surface area contributed by atoms with Crippen molar-refractivity contribution in [1.82, 2.24) is 29.7 Å². The Labute approximate surface area is 192 Å². The maximum Gasteiger partial charge on any atom is 0.276 e. The van der Waals surface area contributed by atoms with Crippen molar-refractivity contribution in [2.24, 2.45) is 0 Å². The topological polar surface area (TPSA) is 138 Å². The molecule has 5 aromatic rings. The highest BCUT2D eigenvalue weighted by molar-refractivity contribution is 7.17. The zero-order chi connectivity index (χ0) is 22.9. The van der Waals surface area contributed by atoms with Gasteiger partial charge in [-0.05, 0) is 30.0 Å². The zero-order valence-electron chi connectivity index (χ0n) is 17.9. The van der Waals surface area contributed by atoms with Gasteiger partial charge in [0.1, 0.15) is 34.1 Å². The number of hydrogen-bond donors (Lipinski definition) is 2. The van der Waals surface area contributed by atoms with E-state index in [-0.39, 0.29) is 23.3 Å². The molecule has 0 unspecified atom stereocenters. The minimum absolute atomic E-state index is 0.119. The van der Waals surface area contributed by atoms with Gasteiger partial charge in [0, 0.05) is 6.92 Å². The number of nitrogens with zero attached hydrogens (tertiary/aromatic N) is 6. The van der Waals surface area contributed by atoms with Crippen LogP contribution in [0.25, 0.3) is 27.4 Å². The number of fused-ring (bicyclic) bond motifs is 1. The molecule has 166 valence electrons. The third kappa shape index (κ3) is 3.72. The number of rotatable bonds is 6. The van der Waals surface area contributed by atoms with Crippen molar-refractivity contribution in [3.8, 4) is 17.1 Å². The fourth-order valence-corrected chi connectivity index (χ4v) is 4.38. The van der Waals surface area contributed by atoms with Gasteiger partial charge in [0.2, 0.25) is 5.89 Å². The summed E-state index contributed by atoms with van der Waals surface area (Å²) < 4.78 is 7.82. The van der Waals surface area contributed by atoms with Gasteiger partial charge in [-0.2, -0.15) is 0 Å². The molecule has 4 aromatic heterocycles. The maximum absolute atomic E-state index is 13.5. The molecule has 0 spiro atoms. The average Bonchev–Trinajstić information content (AvgIpc) is 3.47. The molecular formula is C22H20N8O2S. The van der Waals surface area contributed by atoms with E-state index in [0.717, 1.165) is 5.69 Å². The van der Waals surface area contributed by atoms with Crippen molar-refractivity contribution in [2.75, 3.05) is 11.1 Å². The Morgan fingerprint density at radius 1 is 1.18 bits per heavy atom. The van der Waals surface area contributed by atoms with Crippen LogP contribution in [0.2, 0.25) is 0 Å². The van der Waals surface area contributed by atoms with E-state index in [1.807, 2.05) is 48.7 Å². The summed E-state index contributed by atoms with van der Waals surface area (Å²) >= 11 is 1.38. The molecule has 0 aliphatic heterocycles. The minimum Gasteiger partial charge on any atom is -0.421 e. The van der Waals surface area contributed by atoms with Gasteiger partial charge >= 0.3 is 0 Å². The summed E-state index contributed by atoms with van der Waals surface area (Å²) in [6, 6.07) is 10.9. The van der Waals surface area contributed by atoms with Crippen molar-refractivity contribution < 1.29 is 4.42 Å². The predicted octanol–water partition coefficient (Wildman–Crippen LogP) is 3.74. The van der Waals surface area contributed by atoms with Gasteiger partial charge in [0.25, 0.3) is 11.4 Å². The Balaban J connectivity index is 1.67. The lowest BCUT2D eigenvalue weighted by atomic mass is 10.1. The highest BCUT2D eigenvalue weighted by Crippen LogP contribution is 2.33. The van der Waals surface area contributed by atoms with E-state index in [0.29, 0.717) is 39.7 Å². The highest BCUT2D eigenvalue weighted by atomic mass is 32.1. The Hall–Kier alpha value is -4.12. The van der Waals surface area contributed by atoms with Gasteiger partial charge in [0.15, 0.2) is 0 Å².